The smallest absolute Gasteiger partial charge is 0.251 e. The summed E-state index contributed by atoms with van der Waals surface area (Å²) in [4.78, 5) is 22.5. The molecule has 8 heteroatoms. The summed E-state index contributed by atoms with van der Waals surface area (Å²) >= 11 is 2.93. The summed E-state index contributed by atoms with van der Waals surface area (Å²) in [5, 5.41) is 8.39. The fraction of sp³-hybridized carbons (Fsp3) is 0.167. The molecule has 3 aromatic heterocycles. The standard InChI is InChI=1S/C12H10N4O2S2/c1-7-4-9(17)14-12(13-7)20-6-10-15-11(16-18-10)8-2-3-19-5-8/h2-5H,6H2,1H3,(H,13,14,17). The Morgan fingerprint density at radius 1 is 1.45 bits per heavy atom. The lowest BCUT2D eigenvalue weighted by molar-refractivity contribution is 0.391. The van der Waals surface area contributed by atoms with Crippen molar-refractivity contribution in [3.63, 3.8) is 0 Å². The van der Waals surface area contributed by atoms with Crippen LogP contribution in [0.5, 0.6) is 0 Å². The van der Waals surface area contributed by atoms with Gasteiger partial charge in [-0.2, -0.15) is 16.3 Å². The zero-order valence-electron chi connectivity index (χ0n) is 10.5. The van der Waals surface area contributed by atoms with E-state index in [4.69, 9.17) is 4.52 Å². The van der Waals surface area contributed by atoms with Crippen molar-refractivity contribution in [3.8, 4) is 11.4 Å². The number of H-pyrrole nitrogens is 1. The van der Waals surface area contributed by atoms with Crippen molar-refractivity contribution in [1.29, 1.82) is 0 Å². The van der Waals surface area contributed by atoms with E-state index in [9.17, 15) is 4.79 Å². The Hall–Kier alpha value is -1.93. The minimum atomic E-state index is -0.163. The molecule has 0 bridgehead atoms. The Kier molecular flexibility index (Phi) is 3.66. The van der Waals surface area contributed by atoms with Crippen molar-refractivity contribution in [2.75, 3.05) is 0 Å². The highest BCUT2D eigenvalue weighted by Gasteiger charge is 2.10. The molecule has 0 aliphatic carbocycles. The molecule has 3 aromatic rings. The quantitative estimate of drug-likeness (QED) is 0.589. The number of nitrogens with zero attached hydrogens (tertiary/aromatic N) is 3. The predicted octanol–water partition coefficient (Wildman–Crippen LogP) is 2.48. The Bertz CT molecular complexity index is 764. The third-order valence-corrected chi connectivity index (χ3v) is 3.97. The number of rotatable bonds is 4. The maximum absolute atomic E-state index is 11.3. The first-order chi connectivity index (χ1) is 9.70. The van der Waals surface area contributed by atoms with Crippen LogP contribution in [0.3, 0.4) is 0 Å². The third kappa shape index (κ3) is 2.97. The highest BCUT2D eigenvalue weighted by molar-refractivity contribution is 7.98. The van der Waals surface area contributed by atoms with Crippen molar-refractivity contribution in [2.45, 2.75) is 17.8 Å². The number of thioether (sulfide) groups is 1. The topological polar surface area (TPSA) is 84.7 Å². The number of hydrogen-bond donors (Lipinski definition) is 1. The van der Waals surface area contributed by atoms with Gasteiger partial charge in [0.15, 0.2) is 5.16 Å². The second-order valence-corrected chi connectivity index (χ2v) is 5.75. The van der Waals surface area contributed by atoms with E-state index in [1.54, 1.807) is 18.3 Å². The molecule has 0 aromatic carbocycles. The lowest BCUT2D eigenvalue weighted by atomic mass is 10.3. The van der Waals surface area contributed by atoms with Gasteiger partial charge in [0.05, 0.1) is 5.75 Å². The Morgan fingerprint density at radius 2 is 2.35 bits per heavy atom. The fourth-order valence-electron chi connectivity index (χ4n) is 1.57. The van der Waals surface area contributed by atoms with Crippen LogP contribution in [0.2, 0.25) is 0 Å². The third-order valence-electron chi connectivity index (χ3n) is 2.43. The SMILES string of the molecule is Cc1cc(=O)[nH]c(SCc2nc(-c3ccsc3)no2)n1. The molecule has 0 aliphatic heterocycles. The van der Waals surface area contributed by atoms with Gasteiger partial charge in [-0.25, -0.2) is 4.98 Å². The van der Waals surface area contributed by atoms with E-state index >= 15 is 0 Å². The van der Waals surface area contributed by atoms with E-state index in [0.717, 1.165) is 5.56 Å². The molecule has 6 nitrogen and oxygen atoms in total. The second-order valence-electron chi connectivity index (χ2n) is 4.00. The van der Waals surface area contributed by atoms with Gasteiger partial charge < -0.3 is 9.51 Å². The molecule has 1 N–H and O–H groups in total. The molecule has 20 heavy (non-hydrogen) atoms. The van der Waals surface area contributed by atoms with E-state index in [-0.39, 0.29) is 5.56 Å². The van der Waals surface area contributed by atoms with Gasteiger partial charge in [0.25, 0.3) is 5.56 Å². The summed E-state index contributed by atoms with van der Waals surface area (Å²) in [7, 11) is 0. The molecule has 102 valence electrons. The van der Waals surface area contributed by atoms with Gasteiger partial charge in [-0.15, -0.1) is 0 Å². The van der Waals surface area contributed by atoms with Crippen molar-refractivity contribution in [1.82, 2.24) is 20.1 Å². The van der Waals surface area contributed by atoms with Gasteiger partial charge in [-0.05, 0) is 18.4 Å². The summed E-state index contributed by atoms with van der Waals surface area (Å²) in [5.74, 6) is 1.54. The molecular formula is C12H10N4O2S2. The maximum atomic E-state index is 11.3. The summed E-state index contributed by atoms with van der Waals surface area (Å²) in [6.45, 7) is 1.78. The predicted molar refractivity (Wildman–Crippen MR) is 76.8 cm³/mol. The van der Waals surface area contributed by atoms with Crippen LogP contribution in [0.4, 0.5) is 0 Å². The van der Waals surface area contributed by atoms with Gasteiger partial charge in [-0.1, -0.05) is 16.9 Å². The molecule has 0 unspecified atom stereocenters. The second kappa shape index (κ2) is 5.59. The molecule has 0 saturated heterocycles. The van der Waals surface area contributed by atoms with Crippen LogP contribution in [0, 0.1) is 6.92 Å². The normalized spacial score (nSPS) is 10.8. The fourth-order valence-corrected chi connectivity index (χ4v) is 2.97. The average Bonchev–Trinajstić information content (AvgIpc) is 3.06. The van der Waals surface area contributed by atoms with Crippen LogP contribution in [-0.4, -0.2) is 20.1 Å². The molecule has 3 rings (SSSR count). The molecule has 0 spiro atoms. The summed E-state index contributed by atoms with van der Waals surface area (Å²) in [5.41, 5.74) is 1.46. The van der Waals surface area contributed by atoms with Gasteiger partial charge in [0.1, 0.15) is 0 Å². The van der Waals surface area contributed by atoms with Gasteiger partial charge in [0.2, 0.25) is 11.7 Å². The number of aromatic nitrogens is 4. The first-order valence-electron chi connectivity index (χ1n) is 5.76. The highest BCUT2D eigenvalue weighted by Crippen LogP contribution is 2.22. The molecule has 0 amide bonds. The Labute approximate surface area is 122 Å². The first kappa shape index (κ1) is 13.1. The molecular weight excluding hydrogens is 296 g/mol. The molecule has 0 fully saturated rings. The monoisotopic (exact) mass is 306 g/mol. The van der Waals surface area contributed by atoms with Crippen molar-refractivity contribution >= 4 is 23.1 Å². The van der Waals surface area contributed by atoms with Gasteiger partial charge in [0, 0.05) is 22.7 Å². The Morgan fingerprint density at radius 3 is 3.10 bits per heavy atom. The maximum Gasteiger partial charge on any atom is 0.251 e. The minimum absolute atomic E-state index is 0.163. The van der Waals surface area contributed by atoms with Crippen molar-refractivity contribution < 1.29 is 4.52 Å². The number of hydrogen-bond acceptors (Lipinski definition) is 7. The zero-order valence-corrected chi connectivity index (χ0v) is 12.1. The van der Waals surface area contributed by atoms with Crippen LogP contribution < -0.4 is 5.56 Å². The lowest BCUT2D eigenvalue weighted by Crippen LogP contribution is -2.08. The highest BCUT2D eigenvalue weighted by atomic mass is 32.2. The van der Waals surface area contributed by atoms with E-state index < -0.39 is 0 Å². The molecule has 0 radical (unpaired) electrons. The van der Waals surface area contributed by atoms with Gasteiger partial charge in [-0.3, -0.25) is 4.79 Å². The van der Waals surface area contributed by atoms with Gasteiger partial charge >= 0.3 is 0 Å². The van der Waals surface area contributed by atoms with Crippen LogP contribution in [0.1, 0.15) is 11.6 Å². The van der Waals surface area contributed by atoms with E-state index in [0.29, 0.717) is 28.3 Å². The minimum Gasteiger partial charge on any atom is -0.338 e. The first-order valence-corrected chi connectivity index (χ1v) is 7.69. The Balaban J connectivity index is 1.71. The number of thiophene rings is 1. The van der Waals surface area contributed by atoms with Crippen molar-refractivity contribution in [3.05, 3.63) is 44.8 Å². The van der Waals surface area contributed by atoms with Crippen molar-refractivity contribution in [2.24, 2.45) is 0 Å². The van der Waals surface area contributed by atoms with Crippen LogP contribution in [0.15, 0.2) is 37.4 Å². The number of aryl methyl sites for hydroxylation is 1. The van der Waals surface area contributed by atoms with E-state index in [1.807, 2.05) is 16.8 Å². The van der Waals surface area contributed by atoms with Crippen LogP contribution in [0.25, 0.3) is 11.4 Å². The summed E-state index contributed by atoms with van der Waals surface area (Å²) in [6.07, 6.45) is 0. The zero-order chi connectivity index (χ0) is 13.9. The summed E-state index contributed by atoms with van der Waals surface area (Å²) < 4.78 is 5.17. The molecule has 0 aliphatic rings. The lowest BCUT2D eigenvalue weighted by Gasteiger charge is -1.98. The van der Waals surface area contributed by atoms with E-state index in [1.165, 1.54) is 17.8 Å². The summed E-state index contributed by atoms with van der Waals surface area (Å²) in [6, 6.07) is 3.39. The largest absolute Gasteiger partial charge is 0.338 e. The number of aromatic amines is 1. The molecule has 3 heterocycles. The molecule has 0 saturated carbocycles. The number of nitrogens with one attached hydrogen (secondary N) is 1. The van der Waals surface area contributed by atoms with Crippen LogP contribution in [-0.2, 0) is 5.75 Å². The van der Waals surface area contributed by atoms with E-state index in [2.05, 4.69) is 20.1 Å². The molecule has 0 atom stereocenters. The average molecular weight is 306 g/mol. The van der Waals surface area contributed by atoms with Crippen LogP contribution >= 0.6 is 23.1 Å².